The van der Waals surface area contributed by atoms with Crippen molar-refractivity contribution in [1.82, 2.24) is 0 Å². The van der Waals surface area contributed by atoms with Crippen LogP contribution in [0.4, 0.5) is 0 Å². The minimum absolute atomic E-state index is 0.0702. The Kier molecular flexibility index (Phi) is 3.63. The Labute approximate surface area is 123 Å². The van der Waals surface area contributed by atoms with Gasteiger partial charge in [0.05, 0.1) is 6.61 Å². The van der Waals surface area contributed by atoms with Gasteiger partial charge in [-0.25, -0.2) is 0 Å². The SMILES string of the molecule is CC#CC#CC=C1O[C@]2(CCC(OC(C)=O)CO2)[C@@H]2O[C@H]12. The van der Waals surface area contributed by atoms with Crippen molar-refractivity contribution >= 4 is 5.97 Å². The summed E-state index contributed by atoms with van der Waals surface area (Å²) in [6, 6.07) is 0. The standard InChI is InChI=1S/C16H16O5/c1-3-4-5-6-7-13-14-15(20-14)16(21-13)9-8-12(10-18-16)19-11(2)17/h7,12,14-15H,8-10H2,1-2H3/t12?,14-,15-,16-/m1/s1. The predicted molar refractivity (Wildman–Crippen MR) is 72.5 cm³/mol. The topological polar surface area (TPSA) is 57.3 Å². The lowest BCUT2D eigenvalue weighted by Crippen LogP contribution is -2.46. The molecule has 1 unspecified atom stereocenters. The average molecular weight is 288 g/mol. The van der Waals surface area contributed by atoms with Crippen molar-refractivity contribution in [2.24, 2.45) is 0 Å². The van der Waals surface area contributed by atoms with E-state index in [0.717, 1.165) is 0 Å². The second kappa shape index (κ2) is 5.44. The first-order valence-corrected chi connectivity index (χ1v) is 6.92. The molecule has 3 aliphatic rings. The first kappa shape index (κ1) is 14.0. The third-order valence-corrected chi connectivity index (χ3v) is 3.63. The van der Waals surface area contributed by atoms with E-state index in [9.17, 15) is 4.79 Å². The highest BCUT2D eigenvalue weighted by Gasteiger charge is 2.67. The number of hydrogen-bond acceptors (Lipinski definition) is 5. The molecule has 3 rings (SSSR count). The maximum absolute atomic E-state index is 11.0. The molecule has 0 aliphatic carbocycles. The number of rotatable bonds is 1. The molecule has 0 amide bonds. The first-order valence-electron chi connectivity index (χ1n) is 6.92. The third kappa shape index (κ3) is 2.76. The number of hydrogen-bond donors (Lipinski definition) is 0. The summed E-state index contributed by atoms with van der Waals surface area (Å²) in [4.78, 5) is 11.0. The molecule has 3 heterocycles. The van der Waals surface area contributed by atoms with E-state index in [1.807, 2.05) is 0 Å². The van der Waals surface area contributed by atoms with E-state index >= 15 is 0 Å². The Morgan fingerprint density at radius 3 is 3.00 bits per heavy atom. The highest BCUT2D eigenvalue weighted by atomic mass is 16.8. The van der Waals surface area contributed by atoms with E-state index < -0.39 is 5.79 Å². The number of allylic oxidation sites excluding steroid dienone is 1. The minimum atomic E-state index is -0.745. The van der Waals surface area contributed by atoms with Crippen LogP contribution < -0.4 is 0 Å². The molecule has 0 aromatic carbocycles. The van der Waals surface area contributed by atoms with Crippen LogP contribution in [0.5, 0.6) is 0 Å². The zero-order valence-electron chi connectivity index (χ0n) is 12.0. The molecule has 3 saturated heterocycles. The molecule has 0 bridgehead atoms. The van der Waals surface area contributed by atoms with E-state index in [1.54, 1.807) is 13.0 Å². The quantitative estimate of drug-likeness (QED) is 0.411. The zero-order chi connectivity index (χ0) is 14.9. The molecule has 0 radical (unpaired) electrons. The fraction of sp³-hybridized carbons (Fsp3) is 0.562. The van der Waals surface area contributed by atoms with Gasteiger partial charge in [0.1, 0.15) is 18.0 Å². The second-order valence-corrected chi connectivity index (χ2v) is 5.16. The Balaban J connectivity index is 1.63. The summed E-state index contributed by atoms with van der Waals surface area (Å²) in [5.41, 5.74) is 0. The van der Waals surface area contributed by atoms with Crippen LogP contribution in [0, 0.1) is 23.7 Å². The van der Waals surface area contributed by atoms with Crippen molar-refractivity contribution in [2.75, 3.05) is 6.61 Å². The van der Waals surface area contributed by atoms with Crippen molar-refractivity contribution in [3.05, 3.63) is 11.8 Å². The Bertz CT molecular complexity index is 590. The maximum atomic E-state index is 11.0. The molecule has 4 atom stereocenters. The lowest BCUT2D eigenvalue weighted by atomic mass is 10.0. The fourth-order valence-corrected chi connectivity index (χ4v) is 2.68. The van der Waals surface area contributed by atoms with Crippen LogP contribution in [0.25, 0.3) is 0 Å². The van der Waals surface area contributed by atoms with Gasteiger partial charge in [0.15, 0.2) is 6.10 Å². The van der Waals surface area contributed by atoms with Crippen LogP contribution in [-0.4, -0.2) is 36.7 Å². The van der Waals surface area contributed by atoms with Crippen molar-refractivity contribution in [1.29, 1.82) is 0 Å². The van der Waals surface area contributed by atoms with Crippen LogP contribution in [0.1, 0.15) is 26.7 Å². The van der Waals surface area contributed by atoms with E-state index in [0.29, 0.717) is 25.2 Å². The van der Waals surface area contributed by atoms with Gasteiger partial charge in [-0.2, -0.15) is 0 Å². The van der Waals surface area contributed by atoms with Crippen molar-refractivity contribution < 1.29 is 23.7 Å². The Hall–Kier alpha value is -1.95. The second-order valence-electron chi connectivity index (χ2n) is 5.16. The molecule has 3 fully saturated rings. The Morgan fingerprint density at radius 2 is 2.33 bits per heavy atom. The summed E-state index contributed by atoms with van der Waals surface area (Å²) in [5.74, 6) is 10.5. The van der Waals surface area contributed by atoms with Crippen molar-refractivity contribution in [3.8, 4) is 23.7 Å². The molecular formula is C16H16O5. The number of fused-ring (bicyclic) bond motifs is 2. The molecule has 3 aliphatic heterocycles. The van der Waals surface area contributed by atoms with Gasteiger partial charge in [0, 0.05) is 19.4 Å². The van der Waals surface area contributed by atoms with Crippen LogP contribution in [0.2, 0.25) is 0 Å². The lowest BCUT2D eigenvalue weighted by molar-refractivity contribution is -0.260. The summed E-state index contributed by atoms with van der Waals surface area (Å²) < 4.78 is 22.5. The molecule has 110 valence electrons. The molecule has 0 N–H and O–H groups in total. The molecule has 0 saturated carbocycles. The monoisotopic (exact) mass is 288 g/mol. The summed E-state index contributed by atoms with van der Waals surface area (Å²) in [6.07, 6.45) is 2.66. The molecule has 21 heavy (non-hydrogen) atoms. The van der Waals surface area contributed by atoms with Crippen molar-refractivity contribution in [2.45, 2.75) is 50.8 Å². The van der Waals surface area contributed by atoms with Gasteiger partial charge in [-0.15, -0.1) is 0 Å². The smallest absolute Gasteiger partial charge is 0.302 e. The van der Waals surface area contributed by atoms with Gasteiger partial charge in [0.25, 0.3) is 0 Å². The molecule has 0 aromatic rings. The normalized spacial score (nSPS) is 37.6. The van der Waals surface area contributed by atoms with Crippen LogP contribution in [0.15, 0.2) is 11.8 Å². The number of ether oxygens (including phenoxy) is 4. The summed E-state index contributed by atoms with van der Waals surface area (Å²) in [6.45, 7) is 3.46. The van der Waals surface area contributed by atoms with E-state index in [-0.39, 0.29) is 24.3 Å². The van der Waals surface area contributed by atoms with Crippen LogP contribution in [-0.2, 0) is 23.7 Å². The van der Waals surface area contributed by atoms with Gasteiger partial charge >= 0.3 is 5.97 Å². The van der Waals surface area contributed by atoms with Gasteiger partial charge in [-0.3, -0.25) is 4.79 Å². The number of carbonyl (C=O) groups excluding carboxylic acids is 1. The fourth-order valence-electron chi connectivity index (χ4n) is 2.68. The molecule has 5 heteroatoms. The highest BCUT2D eigenvalue weighted by molar-refractivity contribution is 5.66. The average Bonchev–Trinajstić information content (AvgIpc) is 3.20. The number of esters is 1. The first-order chi connectivity index (χ1) is 10.1. The van der Waals surface area contributed by atoms with Gasteiger partial charge < -0.3 is 18.9 Å². The zero-order valence-corrected chi connectivity index (χ0v) is 12.0. The van der Waals surface area contributed by atoms with Gasteiger partial charge in [-0.1, -0.05) is 11.8 Å². The Morgan fingerprint density at radius 1 is 1.48 bits per heavy atom. The number of epoxide rings is 1. The van der Waals surface area contributed by atoms with Crippen molar-refractivity contribution in [3.63, 3.8) is 0 Å². The third-order valence-electron chi connectivity index (χ3n) is 3.63. The van der Waals surface area contributed by atoms with Crippen LogP contribution >= 0.6 is 0 Å². The molecule has 0 aromatic heterocycles. The largest absolute Gasteiger partial charge is 0.460 e. The number of carbonyl (C=O) groups is 1. The maximum Gasteiger partial charge on any atom is 0.302 e. The molecule has 1 spiro atoms. The highest BCUT2D eigenvalue weighted by Crippen LogP contribution is 2.52. The summed E-state index contributed by atoms with van der Waals surface area (Å²) in [7, 11) is 0. The predicted octanol–water partition coefficient (Wildman–Crippen LogP) is 1.13. The van der Waals surface area contributed by atoms with E-state index in [4.69, 9.17) is 18.9 Å². The molecule has 5 nitrogen and oxygen atoms in total. The van der Waals surface area contributed by atoms with E-state index in [2.05, 4.69) is 23.7 Å². The lowest BCUT2D eigenvalue weighted by Gasteiger charge is -2.36. The summed E-state index contributed by atoms with van der Waals surface area (Å²) in [5, 5.41) is 0. The van der Waals surface area contributed by atoms with Crippen LogP contribution in [0.3, 0.4) is 0 Å². The van der Waals surface area contributed by atoms with E-state index in [1.165, 1.54) is 6.92 Å². The minimum Gasteiger partial charge on any atom is -0.460 e. The van der Waals surface area contributed by atoms with Gasteiger partial charge in [-0.05, 0) is 25.2 Å². The summed E-state index contributed by atoms with van der Waals surface area (Å²) >= 11 is 0. The van der Waals surface area contributed by atoms with Gasteiger partial charge in [0.2, 0.25) is 5.79 Å². The molecular weight excluding hydrogens is 272 g/mol.